The maximum atomic E-state index is 12.4. The molecule has 0 atom stereocenters. The number of nitrogens with two attached hydrogens (primary N) is 1. The fourth-order valence-corrected chi connectivity index (χ4v) is 4.54. The van der Waals surface area contributed by atoms with Crippen molar-refractivity contribution in [3.05, 3.63) is 46.5 Å². The number of hydrogen-bond donors (Lipinski definition) is 2. The van der Waals surface area contributed by atoms with Gasteiger partial charge in [0.1, 0.15) is 9.71 Å². The van der Waals surface area contributed by atoms with E-state index >= 15 is 0 Å². The second kappa shape index (κ2) is 7.80. The van der Waals surface area contributed by atoms with E-state index < -0.39 is 28.3 Å². The van der Waals surface area contributed by atoms with Gasteiger partial charge in [-0.15, -0.1) is 11.3 Å². The van der Waals surface area contributed by atoms with Crippen LogP contribution in [0.5, 0.6) is 0 Å². The number of nitrogens with zero attached hydrogens (tertiary/aromatic N) is 1. The van der Waals surface area contributed by atoms with Crippen molar-refractivity contribution in [2.75, 3.05) is 23.9 Å². The molecular formula is C19H19N3O5S2. The van der Waals surface area contributed by atoms with Gasteiger partial charge in [0.05, 0.1) is 10.6 Å². The number of nitrogen functional groups attached to an aromatic ring is 1. The van der Waals surface area contributed by atoms with Crippen molar-refractivity contribution in [3.63, 3.8) is 0 Å². The fraction of sp³-hybridized carbons (Fsp3) is 0.211. The Hall–Kier alpha value is -2.98. The summed E-state index contributed by atoms with van der Waals surface area (Å²) in [5.74, 6) is -1.26. The highest BCUT2D eigenvalue weighted by Gasteiger charge is 2.21. The van der Waals surface area contributed by atoms with Gasteiger partial charge < -0.3 is 15.8 Å². The van der Waals surface area contributed by atoms with Crippen LogP contribution < -0.4 is 11.1 Å². The van der Waals surface area contributed by atoms with Crippen molar-refractivity contribution in [1.82, 2.24) is 4.98 Å². The highest BCUT2D eigenvalue weighted by molar-refractivity contribution is 7.90. The maximum Gasteiger partial charge on any atom is 0.351 e. The van der Waals surface area contributed by atoms with Crippen molar-refractivity contribution < 1.29 is 22.7 Å². The van der Waals surface area contributed by atoms with Crippen LogP contribution in [0.25, 0.3) is 10.2 Å². The molecule has 0 radical (unpaired) electrons. The highest BCUT2D eigenvalue weighted by atomic mass is 32.2. The van der Waals surface area contributed by atoms with E-state index in [2.05, 4.69) is 10.3 Å². The van der Waals surface area contributed by atoms with Crippen molar-refractivity contribution in [2.45, 2.75) is 18.7 Å². The van der Waals surface area contributed by atoms with Gasteiger partial charge in [0.15, 0.2) is 16.4 Å². The number of hydrogen-bond acceptors (Lipinski definition) is 8. The molecule has 2 heterocycles. The van der Waals surface area contributed by atoms with E-state index in [0.29, 0.717) is 15.9 Å². The Morgan fingerprint density at radius 3 is 2.48 bits per heavy atom. The number of thiophene rings is 1. The van der Waals surface area contributed by atoms with E-state index in [4.69, 9.17) is 10.5 Å². The topological polar surface area (TPSA) is 128 Å². The quantitative estimate of drug-likeness (QED) is 0.592. The van der Waals surface area contributed by atoms with Gasteiger partial charge in [-0.3, -0.25) is 4.79 Å². The number of benzene rings is 1. The van der Waals surface area contributed by atoms with E-state index in [9.17, 15) is 18.0 Å². The molecule has 1 aromatic carbocycles. The lowest BCUT2D eigenvalue weighted by molar-refractivity contribution is -0.119. The van der Waals surface area contributed by atoms with Gasteiger partial charge in [-0.1, -0.05) is 0 Å². The predicted molar refractivity (Wildman–Crippen MR) is 112 cm³/mol. The molecule has 3 N–H and O–H groups in total. The SMILES string of the molecule is Cc1cc(C)c2c(N)c(C(=O)OCC(=O)Nc3ccc(S(C)(=O)=O)cc3)sc2n1. The molecule has 0 aliphatic carbocycles. The standard InChI is InChI=1S/C19H19N3O5S2/c1-10-8-11(2)21-18-15(10)16(20)17(28-18)19(24)27-9-14(23)22-12-4-6-13(7-5-12)29(3,25)26/h4-8H,9,20H2,1-3H3,(H,22,23). The number of carbonyl (C=O) groups excluding carboxylic acids is 2. The van der Waals surface area contributed by atoms with Gasteiger partial charge in [-0.05, 0) is 49.7 Å². The number of nitrogens with one attached hydrogen (secondary N) is 1. The van der Waals surface area contributed by atoms with Crippen LogP contribution in [0, 0.1) is 13.8 Å². The van der Waals surface area contributed by atoms with E-state index in [1.165, 1.54) is 24.3 Å². The second-order valence-corrected chi connectivity index (χ2v) is 9.54. The predicted octanol–water partition coefficient (Wildman–Crippen LogP) is 2.69. The Morgan fingerprint density at radius 2 is 1.86 bits per heavy atom. The van der Waals surface area contributed by atoms with Crippen molar-refractivity contribution in [2.24, 2.45) is 0 Å². The summed E-state index contributed by atoms with van der Waals surface area (Å²) in [4.78, 5) is 29.8. The number of ether oxygens (including phenoxy) is 1. The summed E-state index contributed by atoms with van der Waals surface area (Å²) < 4.78 is 28.0. The Balaban J connectivity index is 1.66. The monoisotopic (exact) mass is 433 g/mol. The summed E-state index contributed by atoms with van der Waals surface area (Å²) >= 11 is 1.12. The fourth-order valence-electron chi connectivity index (χ4n) is 2.80. The molecular weight excluding hydrogens is 414 g/mol. The highest BCUT2D eigenvalue weighted by Crippen LogP contribution is 2.35. The number of anilines is 2. The second-order valence-electron chi connectivity index (χ2n) is 6.53. The molecule has 0 fully saturated rings. The third kappa shape index (κ3) is 4.54. The van der Waals surface area contributed by atoms with Crippen LogP contribution in [0.1, 0.15) is 20.9 Å². The molecule has 3 rings (SSSR count). The number of rotatable bonds is 5. The molecule has 0 saturated heterocycles. The zero-order valence-electron chi connectivity index (χ0n) is 16.0. The van der Waals surface area contributed by atoms with Crippen LogP contribution >= 0.6 is 11.3 Å². The number of sulfone groups is 1. The molecule has 0 aliphatic heterocycles. The molecule has 8 nitrogen and oxygen atoms in total. The maximum absolute atomic E-state index is 12.4. The van der Waals surface area contributed by atoms with Crippen molar-refractivity contribution in [3.8, 4) is 0 Å². The average molecular weight is 434 g/mol. The van der Waals surface area contributed by atoms with Crippen molar-refractivity contribution in [1.29, 1.82) is 0 Å². The molecule has 29 heavy (non-hydrogen) atoms. The third-order valence-electron chi connectivity index (χ3n) is 4.11. The molecule has 0 unspecified atom stereocenters. The number of pyridine rings is 1. The Bertz CT molecular complexity index is 1210. The van der Waals surface area contributed by atoms with Gasteiger partial charge in [-0.25, -0.2) is 18.2 Å². The summed E-state index contributed by atoms with van der Waals surface area (Å²) in [5.41, 5.74) is 8.49. The van der Waals surface area contributed by atoms with Crippen LogP contribution in [0.15, 0.2) is 35.2 Å². The van der Waals surface area contributed by atoms with Gasteiger partial charge >= 0.3 is 5.97 Å². The molecule has 2 aromatic heterocycles. The molecule has 10 heteroatoms. The van der Waals surface area contributed by atoms with Crippen LogP contribution in [0.3, 0.4) is 0 Å². The van der Waals surface area contributed by atoms with Gasteiger partial charge in [-0.2, -0.15) is 0 Å². The first-order valence-corrected chi connectivity index (χ1v) is 11.2. The number of aryl methyl sites for hydroxylation is 2. The van der Waals surface area contributed by atoms with Gasteiger partial charge in [0, 0.05) is 23.0 Å². The Kier molecular flexibility index (Phi) is 5.58. The van der Waals surface area contributed by atoms with E-state index in [0.717, 1.165) is 28.8 Å². The molecule has 1 amide bonds. The summed E-state index contributed by atoms with van der Waals surface area (Å²) in [6.07, 6.45) is 1.10. The molecule has 3 aromatic rings. The van der Waals surface area contributed by atoms with Crippen molar-refractivity contribution >= 4 is 54.6 Å². The van der Waals surface area contributed by atoms with Gasteiger partial charge in [0.2, 0.25) is 0 Å². The third-order valence-corrected chi connectivity index (χ3v) is 6.32. The summed E-state index contributed by atoms with van der Waals surface area (Å²) in [7, 11) is -3.32. The lowest BCUT2D eigenvalue weighted by Crippen LogP contribution is -2.21. The molecule has 0 aliphatic rings. The number of aromatic nitrogens is 1. The zero-order chi connectivity index (χ0) is 21.3. The van der Waals surface area contributed by atoms with E-state index in [-0.39, 0.29) is 15.5 Å². The Morgan fingerprint density at radius 1 is 1.21 bits per heavy atom. The first-order valence-electron chi connectivity index (χ1n) is 8.49. The summed E-state index contributed by atoms with van der Waals surface area (Å²) in [6, 6.07) is 7.55. The zero-order valence-corrected chi connectivity index (χ0v) is 17.6. The molecule has 0 bridgehead atoms. The molecule has 0 spiro atoms. The van der Waals surface area contributed by atoms with Crippen LogP contribution in [0.2, 0.25) is 0 Å². The minimum atomic E-state index is -3.32. The molecule has 152 valence electrons. The number of fused-ring (bicyclic) bond motifs is 1. The normalized spacial score (nSPS) is 11.4. The van der Waals surface area contributed by atoms with Crippen LogP contribution in [-0.2, 0) is 19.4 Å². The summed E-state index contributed by atoms with van der Waals surface area (Å²) in [6.45, 7) is 3.23. The van der Waals surface area contributed by atoms with Crippen LogP contribution in [-0.4, -0.2) is 38.1 Å². The minimum Gasteiger partial charge on any atom is -0.451 e. The van der Waals surface area contributed by atoms with E-state index in [1.807, 2.05) is 19.9 Å². The lowest BCUT2D eigenvalue weighted by Gasteiger charge is -2.07. The molecule has 0 saturated carbocycles. The lowest BCUT2D eigenvalue weighted by atomic mass is 10.1. The van der Waals surface area contributed by atoms with Gasteiger partial charge in [0.25, 0.3) is 5.91 Å². The average Bonchev–Trinajstić information content (AvgIpc) is 2.96. The largest absolute Gasteiger partial charge is 0.451 e. The Labute approximate surface area is 171 Å². The first-order chi connectivity index (χ1) is 13.6. The number of esters is 1. The number of carbonyl (C=O) groups is 2. The first kappa shape index (κ1) is 20.7. The minimum absolute atomic E-state index is 0.140. The smallest absolute Gasteiger partial charge is 0.351 e. The number of amides is 1. The van der Waals surface area contributed by atoms with Crippen LogP contribution in [0.4, 0.5) is 11.4 Å². The van der Waals surface area contributed by atoms with E-state index in [1.54, 1.807) is 0 Å². The summed E-state index contributed by atoms with van der Waals surface area (Å²) in [5, 5.41) is 3.25.